The lowest BCUT2D eigenvalue weighted by molar-refractivity contribution is -0.141. The molecule has 4 aliphatic rings. The van der Waals surface area contributed by atoms with Gasteiger partial charge in [-0.2, -0.15) is 0 Å². The van der Waals surface area contributed by atoms with E-state index in [0.717, 1.165) is 24.0 Å². The van der Waals surface area contributed by atoms with Crippen LogP contribution < -0.4 is 15.4 Å². The quantitative estimate of drug-likeness (QED) is 0.382. The molecule has 14 nitrogen and oxygen atoms in total. The predicted octanol–water partition coefficient (Wildman–Crippen LogP) is 3.90. The highest BCUT2D eigenvalue weighted by Gasteiger charge is 2.61. The van der Waals surface area contributed by atoms with E-state index in [2.05, 4.69) is 15.4 Å². The fraction of sp³-hybridized carbons (Fsp3) is 0.500. The van der Waals surface area contributed by atoms with Gasteiger partial charge in [-0.3, -0.25) is 19.3 Å². The monoisotopic (exact) mass is 749 g/mol. The van der Waals surface area contributed by atoms with Crippen LogP contribution in [0.4, 0.5) is 9.59 Å². The van der Waals surface area contributed by atoms with Crippen LogP contribution in [0.25, 0.3) is 0 Å². The summed E-state index contributed by atoms with van der Waals surface area (Å²) in [6.07, 6.45) is 4.53. The summed E-state index contributed by atoms with van der Waals surface area (Å²) in [7, 11) is -4.27. The molecule has 0 bridgehead atoms. The highest BCUT2D eigenvalue weighted by atomic mass is 32.2. The molecule has 0 unspecified atom stereocenters. The van der Waals surface area contributed by atoms with Crippen molar-refractivity contribution in [2.45, 2.75) is 113 Å². The summed E-state index contributed by atoms with van der Waals surface area (Å²) in [6, 6.07) is 12.9. The van der Waals surface area contributed by atoms with E-state index in [4.69, 9.17) is 9.47 Å². The summed E-state index contributed by atoms with van der Waals surface area (Å²) >= 11 is 0. The highest BCUT2D eigenvalue weighted by Crippen LogP contribution is 2.46. The van der Waals surface area contributed by atoms with Gasteiger partial charge >= 0.3 is 12.2 Å². The van der Waals surface area contributed by atoms with Crippen LogP contribution in [0.15, 0.2) is 71.6 Å². The molecule has 0 spiro atoms. The number of benzene rings is 2. The number of hydrogen-bond donors (Lipinski definition) is 3. The number of amides is 5. The van der Waals surface area contributed by atoms with E-state index in [1.807, 2.05) is 36.4 Å². The summed E-state index contributed by atoms with van der Waals surface area (Å²) in [5, 5.41) is 5.50. The first kappa shape index (κ1) is 37.8. The molecule has 3 aliphatic heterocycles. The Bertz CT molecular complexity index is 1850. The topological polar surface area (TPSA) is 181 Å². The smallest absolute Gasteiger partial charge is 0.410 e. The van der Waals surface area contributed by atoms with Crippen LogP contribution in [0, 0.1) is 5.92 Å². The van der Waals surface area contributed by atoms with Gasteiger partial charge in [0.2, 0.25) is 11.8 Å². The van der Waals surface area contributed by atoms with Crippen LogP contribution in [-0.2, 0) is 47.0 Å². The second-order valence-electron chi connectivity index (χ2n) is 15.2. The molecule has 15 heteroatoms. The van der Waals surface area contributed by atoms with Gasteiger partial charge in [-0.15, -0.1) is 0 Å². The maximum Gasteiger partial charge on any atom is 0.410 e. The van der Waals surface area contributed by atoms with Gasteiger partial charge in [-0.05, 0) is 69.7 Å². The molecule has 2 aromatic carbocycles. The number of nitrogens with one attached hydrogen (secondary N) is 3. The fourth-order valence-corrected chi connectivity index (χ4v) is 8.23. The molecule has 53 heavy (non-hydrogen) atoms. The van der Waals surface area contributed by atoms with Crippen molar-refractivity contribution in [3.05, 3.63) is 77.9 Å². The number of alkyl carbamates (subject to hydrolysis) is 1. The number of allylic oxidation sites excluding steroid dienone is 1. The number of carbonyl (C=O) groups is 5. The molecule has 284 valence electrons. The molecule has 1 saturated carbocycles. The molecule has 1 aliphatic carbocycles. The molecule has 0 radical (unpaired) electrons. The van der Waals surface area contributed by atoms with Crippen LogP contribution in [-0.4, -0.2) is 84.0 Å². The van der Waals surface area contributed by atoms with Gasteiger partial charge in [-0.25, -0.2) is 22.7 Å². The van der Waals surface area contributed by atoms with E-state index in [1.165, 1.54) is 29.2 Å². The highest BCUT2D eigenvalue weighted by molar-refractivity contribution is 7.90. The van der Waals surface area contributed by atoms with Crippen molar-refractivity contribution >= 4 is 39.9 Å². The average molecular weight is 750 g/mol. The number of sulfonamides is 1. The van der Waals surface area contributed by atoms with E-state index in [1.54, 1.807) is 31.7 Å². The van der Waals surface area contributed by atoms with E-state index >= 15 is 0 Å². The van der Waals surface area contributed by atoms with Crippen LogP contribution in [0.5, 0.6) is 0 Å². The van der Waals surface area contributed by atoms with Gasteiger partial charge in [0.25, 0.3) is 15.9 Å². The molecule has 2 aromatic rings. The third-order valence-corrected chi connectivity index (χ3v) is 11.3. The second-order valence-corrected chi connectivity index (χ2v) is 16.8. The average Bonchev–Trinajstić information content (AvgIpc) is 3.40. The van der Waals surface area contributed by atoms with E-state index in [9.17, 15) is 32.4 Å². The lowest BCUT2D eigenvalue weighted by Crippen LogP contribution is -2.58. The van der Waals surface area contributed by atoms with Gasteiger partial charge in [0.05, 0.1) is 11.4 Å². The largest absolute Gasteiger partial charge is 0.444 e. The van der Waals surface area contributed by atoms with Gasteiger partial charge in [-0.1, -0.05) is 67.5 Å². The Labute approximate surface area is 309 Å². The lowest BCUT2D eigenvalue weighted by Gasteiger charge is -2.30. The van der Waals surface area contributed by atoms with Gasteiger partial charge < -0.3 is 25.0 Å². The molecule has 3 N–H and O–H groups in total. The van der Waals surface area contributed by atoms with Crippen molar-refractivity contribution < 1.29 is 41.9 Å². The molecule has 5 amide bonds. The van der Waals surface area contributed by atoms with E-state index < -0.39 is 75.2 Å². The van der Waals surface area contributed by atoms with E-state index in [0.29, 0.717) is 25.9 Å². The minimum absolute atomic E-state index is 0.0796. The molecular weight excluding hydrogens is 703 g/mol. The Morgan fingerprint density at radius 3 is 2.30 bits per heavy atom. The third-order valence-electron chi connectivity index (χ3n) is 9.98. The maximum atomic E-state index is 14.4. The Morgan fingerprint density at radius 1 is 0.943 bits per heavy atom. The Balaban J connectivity index is 1.26. The zero-order chi connectivity index (χ0) is 38.0. The summed E-state index contributed by atoms with van der Waals surface area (Å²) in [4.78, 5) is 71.5. The van der Waals surface area contributed by atoms with Crippen molar-refractivity contribution in [3.63, 3.8) is 0 Å². The lowest BCUT2D eigenvalue weighted by atomic mass is 10.0. The van der Waals surface area contributed by atoms with Crippen LogP contribution >= 0.6 is 0 Å². The number of nitrogens with zero attached hydrogens (tertiary/aromatic N) is 2. The fourth-order valence-electron chi connectivity index (χ4n) is 7.17. The second kappa shape index (κ2) is 15.2. The molecule has 3 heterocycles. The van der Waals surface area contributed by atoms with Crippen LogP contribution in [0.2, 0.25) is 0 Å². The van der Waals surface area contributed by atoms with Gasteiger partial charge in [0.1, 0.15) is 29.3 Å². The Morgan fingerprint density at radius 2 is 1.62 bits per heavy atom. The molecule has 1 saturated heterocycles. The summed E-state index contributed by atoms with van der Waals surface area (Å²) in [6.45, 7) is 5.70. The zero-order valence-corrected chi connectivity index (χ0v) is 31.0. The van der Waals surface area contributed by atoms with E-state index in [-0.39, 0.29) is 30.7 Å². The van der Waals surface area contributed by atoms with Crippen molar-refractivity contribution in [2.24, 2.45) is 5.92 Å². The normalized spacial score (nSPS) is 26.8. The van der Waals surface area contributed by atoms with Crippen molar-refractivity contribution in [1.82, 2.24) is 25.2 Å². The minimum atomic E-state index is -4.27. The minimum Gasteiger partial charge on any atom is -0.444 e. The van der Waals surface area contributed by atoms with Crippen molar-refractivity contribution in [2.75, 3.05) is 6.54 Å². The predicted molar refractivity (Wildman–Crippen MR) is 192 cm³/mol. The van der Waals surface area contributed by atoms with Crippen LogP contribution in [0.3, 0.4) is 0 Å². The van der Waals surface area contributed by atoms with Crippen molar-refractivity contribution in [1.29, 1.82) is 0 Å². The zero-order valence-electron chi connectivity index (χ0n) is 30.2. The molecule has 6 rings (SSSR count). The molecule has 0 aromatic heterocycles. The first-order chi connectivity index (χ1) is 25.1. The summed E-state index contributed by atoms with van der Waals surface area (Å²) < 4.78 is 39.9. The van der Waals surface area contributed by atoms with Gasteiger partial charge in [0, 0.05) is 25.4 Å². The standard InChI is InChI=1S/C38H47N5O9S/c1-37(2,3)52-35(47)39-30-19-11-6-4-5-8-16-27-21-38(27,34(46)41-53(49,50)29-17-9-7-10-18-29)40-32(44)31-20-28(24-43(31)33(30)45)51-36(48)42-22-25-14-12-13-15-26(25)23-42/h7-10,12-18,27-28,30-31H,4-6,11,19-24H2,1-3H3,(H,39,47)(H,40,44)(H,41,46)/b16-8+/t27-,28-,30+,31+,38-/m1/s1. The summed E-state index contributed by atoms with van der Waals surface area (Å²) in [5.74, 6) is -2.67. The number of fused-ring (bicyclic) bond motifs is 3. The third kappa shape index (κ3) is 8.83. The maximum absolute atomic E-state index is 14.4. The van der Waals surface area contributed by atoms with Crippen molar-refractivity contribution in [3.8, 4) is 0 Å². The molecular formula is C38H47N5O9S. The number of rotatable bonds is 5. The van der Waals surface area contributed by atoms with Crippen LogP contribution in [0.1, 0.15) is 76.8 Å². The number of carbonyl (C=O) groups excluding carboxylic acids is 5. The molecule has 5 atom stereocenters. The number of ether oxygens (including phenoxy) is 2. The first-order valence-electron chi connectivity index (χ1n) is 18.1. The Kier molecular flexibility index (Phi) is 10.9. The number of hydrogen-bond acceptors (Lipinski definition) is 9. The Hall–Kier alpha value is -4.92. The molecule has 2 fully saturated rings. The summed E-state index contributed by atoms with van der Waals surface area (Å²) in [5.41, 5.74) is -0.428. The first-order valence-corrected chi connectivity index (χ1v) is 19.6. The SMILES string of the molecule is CC(C)(C)OC(=O)N[C@H]1CCCCC/C=C/[C@@H]2C[C@@]2(C(=O)NS(=O)(=O)c2ccccc2)NC(=O)[C@@H]2C[C@@H](OC(=O)N3Cc4ccccc4C3)CN2C1=O. The van der Waals surface area contributed by atoms with Gasteiger partial charge in [0.15, 0.2) is 0 Å².